The first-order chi connectivity index (χ1) is 8.15. The van der Waals surface area contributed by atoms with E-state index in [2.05, 4.69) is 20.9 Å². The molecular weight excluding hydrogens is 218 g/mol. The van der Waals surface area contributed by atoms with Gasteiger partial charge >= 0.3 is 6.03 Å². The quantitative estimate of drug-likeness (QED) is 0.825. The normalized spacial score (nSPS) is 10.0. The van der Waals surface area contributed by atoms with Crippen molar-refractivity contribution in [2.24, 2.45) is 0 Å². The van der Waals surface area contributed by atoms with Crippen molar-refractivity contribution in [2.75, 3.05) is 10.7 Å². The Morgan fingerprint density at radius 2 is 1.94 bits per heavy atom. The van der Waals surface area contributed by atoms with Gasteiger partial charge in [0.1, 0.15) is 12.7 Å². The number of anilines is 1. The molecule has 6 nitrogen and oxygen atoms in total. The molecule has 2 N–H and O–H groups in total. The van der Waals surface area contributed by atoms with Crippen LogP contribution in [0.5, 0.6) is 0 Å². The molecule has 0 aliphatic rings. The molecule has 2 aromatic rings. The second kappa shape index (κ2) is 4.65. The maximum absolute atomic E-state index is 11.6. The van der Waals surface area contributed by atoms with E-state index in [9.17, 15) is 4.79 Å². The Morgan fingerprint density at radius 1 is 1.24 bits per heavy atom. The minimum absolute atomic E-state index is 0.335. The minimum atomic E-state index is -0.335. The fourth-order valence-electron chi connectivity index (χ4n) is 1.40. The molecular formula is C11H13N5O. The highest BCUT2D eigenvalue weighted by atomic mass is 16.2. The molecule has 2 rings (SSSR count). The van der Waals surface area contributed by atoms with Gasteiger partial charge in [0.2, 0.25) is 0 Å². The molecule has 1 aromatic carbocycles. The molecule has 0 bridgehead atoms. The monoisotopic (exact) mass is 231 g/mol. The van der Waals surface area contributed by atoms with Crippen LogP contribution in [0.4, 0.5) is 10.5 Å². The fraction of sp³-hybridized carbons (Fsp3) is 0.182. The molecule has 0 saturated carbocycles. The van der Waals surface area contributed by atoms with Gasteiger partial charge in [-0.2, -0.15) is 0 Å². The average Bonchev–Trinajstić information content (AvgIpc) is 2.76. The number of aromatic nitrogens is 3. The Morgan fingerprint density at radius 3 is 2.65 bits per heavy atom. The molecule has 88 valence electrons. The zero-order chi connectivity index (χ0) is 12.3. The lowest BCUT2D eigenvalue weighted by atomic mass is 10.1. The molecule has 0 unspecified atom stereocenters. The molecule has 1 aromatic heterocycles. The van der Waals surface area contributed by atoms with E-state index in [0.717, 1.165) is 16.8 Å². The van der Waals surface area contributed by atoms with E-state index < -0.39 is 0 Å². The Kier molecular flexibility index (Phi) is 3.04. The van der Waals surface area contributed by atoms with Gasteiger partial charge in [0.05, 0.1) is 0 Å². The van der Waals surface area contributed by atoms with Gasteiger partial charge in [0.25, 0.3) is 0 Å². The van der Waals surface area contributed by atoms with Gasteiger partial charge in [-0.3, -0.25) is 0 Å². The number of aryl methyl sites for hydroxylation is 2. The number of benzene rings is 1. The van der Waals surface area contributed by atoms with Crippen LogP contribution in [0.25, 0.3) is 0 Å². The second-order valence-corrected chi connectivity index (χ2v) is 3.75. The first-order valence-electron chi connectivity index (χ1n) is 5.15. The fourth-order valence-corrected chi connectivity index (χ4v) is 1.40. The van der Waals surface area contributed by atoms with Crippen LogP contribution in [0.1, 0.15) is 11.1 Å². The van der Waals surface area contributed by atoms with Crippen LogP contribution >= 0.6 is 0 Å². The molecule has 0 spiro atoms. The molecule has 6 heteroatoms. The number of rotatable bonds is 2. The lowest BCUT2D eigenvalue weighted by molar-refractivity contribution is 0.259. The zero-order valence-electron chi connectivity index (χ0n) is 9.64. The summed E-state index contributed by atoms with van der Waals surface area (Å²) in [7, 11) is 0. The van der Waals surface area contributed by atoms with Gasteiger partial charge in [-0.25, -0.2) is 14.9 Å². The van der Waals surface area contributed by atoms with Crippen molar-refractivity contribution >= 4 is 11.7 Å². The second-order valence-electron chi connectivity index (χ2n) is 3.75. The molecule has 2 amide bonds. The first kappa shape index (κ1) is 11.1. The number of hydrogen-bond donors (Lipinski definition) is 2. The molecule has 0 aliphatic heterocycles. The number of carbonyl (C=O) groups excluding carboxylic acids is 1. The van der Waals surface area contributed by atoms with Crippen LogP contribution in [0, 0.1) is 13.8 Å². The van der Waals surface area contributed by atoms with Crippen LogP contribution in [-0.2, 0) is 0 Å². The maximum atomic E-state index is 11.6. The topological polar surface area (TPSA) is 71.8 Å². The highest BCUT2D eigenvalue weighted by Crippen LogP contribution is 2.15. The smallest absolute Gasteiger partial charge is 0.306 e. The van der Waals surface area contributed by atoms with E-state index in [0.29, 0.717) is 0 Å². The van der Waals surface area contributed by atoms with Crippen LogP contribution in [0.15, 0.2) is 30.9 Å². The molecule has 0 fully saturated rings. The van der Waals surface area contributed by atoms with Crippen LogP contribution in [0.3, 0.4) is 0 Å². The first-order valence-corrected chi connectivity index (χ1v) is 5.15. The van der Waals surface area contributed by atoms with E-state index in [1.165, 1.54) is 17.3 Å². The van der Waals surface area contributed by atoms with Gasteiger partial charge in [-0.05, 0) is 31.0 Å². The van der Waals surface area contributed by atoms with Gasteiger partial charge in [-0.15, -0.1) is 10.2 Å². The molecule has 0 radical (unpaired) electrons. The van der Waals surface area contributed by atoms with Crippen LogP contribution in [-0.4, -0.2) is 20.9 Å². The average molecular weight is 231 g/mol. The molecule has 17 heavy (non-hydrogen) atoms. The minimum Gasteiger partial charge on any atom is -0.306 e. The third kappa shape index (κ3) is 2.81. The van der Waals surface area contributed by atoms with Crippen LogP contribution in [0.2, 0.25) is 0 Å². The van der Waals surface area contributed by atoms with E-state index >= 15 is 0 Å². The predicted octanol–water partition coefficient (Wildman–Crippen LogP) is 1.67. The van der Waals surface area contributed by atoms with Crippen LogP contribution < -0.4 is 10.7 Å². The summed E-state index contributed by atoms with van der Waals surface area (Å²) in [6.45, 7) is 3.91. The summed E-state index contributed by atoms with van der Waals surface area (Å²) >= 11 is 0. The van der Waals surface area contributed by atoms with E-state index in [4.69, 9.17) is 0 Å². The van der Waals surface area contributed by atoms with Crippen molar-refractivity contribution in [2.45, 2.75) is 13.8 Å². The van der Waals surface area contributed by atoms with Crippen molar-refractivity contribution in [3.05, 3.63) is 42.0 Å². The van der Waals surface area contributed by atoms with Crippen molar-refractivity contribution in [3.8, 4) is 0 Å². The lowest BCUT2D eigenvalue weighted by Crippen LogP contribution is -2.27. The van der Waals surface area contributed by atoms with Crippen molar-refractivity contribution in [1.82, 2.24) is 14.9 Å². The number of nitrogens with one attached hydrogen (secondary N) is 2. The molecule has 1 heterocycles. The van der Waals surface area contributed by atoms with Crippen molar-refractivity contribution in [3.63, 3.8) is 0 Å². The summed E-state index contributed by atoms with van der Waals surface area (Å²) in [6, 6.07) is 5.54. The Balaban J connectivity index is 2.05. The Bertz CT molecular complexity index is 521. The number of amides is 2. The largest absolute Gasteiger partial charge is 0.338 e. The highest BCUT2D eigenvalue weighted by molar-refractivity contribution is 5.95. The zero-order valence-corrected chi connectivity index (χ0v) is 9.64. The summed E-state index contributed by atoms with van der Waals surface area (Å²) in [4.78, 5) is 11.6. The van der Waals surface area contributed by atoms with Gasteiger partial charge < -0.3 is 5.32 Å². The Hall–Kier alpha value is -2.37. The number of urea groups is 1. The van der Waals surface area contributed by atoms with Crippen molar-refractivity contribution < 1.29 is 4.79 Å². The summed E-state index contributed by atoms with van der Waals surface area (Å²) in [5, 5.41) is 9.93. The summed E-state index contributed by atoms with van der Waals surface area (Å²) in [6.07, 6.45) is 2.81. The highest BCUT2D eigenvalue weighted by Gasteiger charge is 2.04. The van der Waals surface area contributed by atoms with E-state index in [1.807, 2.05) is 32.0 Å². The number of hydrogen-bond acceptors (Lipinski definition) is 3. The standard InChI is InChI=1S/C11H13N5O/c1-8-3-4-9(2)10(5-8)14-11(17)15-16-6-12-13-7-16/h3-7H,1-2H3,(H2,14,15,17). The van der Waals surface area contributed by atoms with E-state index in [-0.39, 0.29) is 6.03 Å². The maximum Gasteiger partial charge on any atom is 0.338 e. The number of nitrogens with zero attached hydrogens (tertiary/aromatic N) is 3. The summed E-state index contributed by atoms with van der Waals surface area (Å²) in [5.41, 5.74) is 5.45. The third-order valence-corrected chi connectivity index (χ3v) is 2.29. The van der Waals surface area contributed by atoms with Gasteiger partial charge in [0, 0.05) is 5.69 Å². The molecule has 0 saturated heterocycles. The van der Waals surface area contributed by atoms with E-state index in [1.54, 1.807) is 0 Å². The molecule has 0 atom stereocenters. The SMILES string of the molecule is Cc1ccc(C)c(NC(=O)Nn2cnnc2)c1. The van der Waals surface area contributed by atoms with Gasteiger partial charge in [-0.1, -0.05) is 12.1 Å². The van der Waals surface area contributed by atoms with Gasteiger partial charge in [0.15, 0.2) is 0 Å². The molecule has 0 aliphatic carbocycles. The number of carbonyl (C=O) groups is 1. The van der Waals surface area contributed by atoms with Crippen molar-refractivity contribution in [1.29, 1.82) is 0 Å². The lowest BCUT2D eigenvalue weighted by Gasteiger charge is -2.10. The third-order valence-electron chi connectivity index (χ3n) is 2.29. The summed E-state index contributed by atoms with van der Waals surface area (Å²) in [5.74, 6) is 0. The predicted molar refractivity (Wildman–Crippen MR) is 64.3 cm³/mol. The Labute approximate surface area is 98.6 Å². The summed E-state index contributed by atoms with van der Waals surface area (Å²) < 4.78 is 1.38.